The third-order valence-electron chi connectivity index (χ3n) is 3.98. The van der Waals surface area contributed by atoms with Gasteiger partial charge in [0.25, 0.3) is 10.1 Å². The van der Waals surface area contributed by atoms with E-state index in [1.807, 2.05) is 0 Å². The molecule has 10 heteroatoms. The Bertz CT molecular complexity index is 509. The van der Waals surface area contributed by atoms with E-state index in [9.17, 15) is 22.6 Å². The van der Waals surface area contributed by atoms with Crippen LogP contribution in [0.15, 0.2) is 0 Å². The Morgan fingerprint density at radius 2 is 1.25 bits per heavy atom. The second kappa shape index (κ2) is 21.1. The molecule has 0 heterocycles. The molecular weight excluding hydrogens is 406 g/mol. The van der Waals surface area contributed by atoms with Crippen LogP contribution < -0.4 is 59.1 Å². The number of hydrogen-bond donors (Lipinski definition) is 1. The summed E-state index contributed by atoms with van der Waals surface area (Å²) in [7, 11) is -4.73. The molecule has 0 aliphatic carbocycles. The van der Waals surface area contributed by atoms with Crippen molar-refractivity contribution in [1.82, 2.24) is 0 Å². The van der Waals surface area contributed by atoms with Crippen LogP contribution in [-0.4, -0.2) is 43.4 Å². The van der Waals surface area contributed by atoms with Crippen LogP contribution in [0.4, 0.5) is 0 Å². The number of carbonyl (C=O) groups is 2. The minimum atomic E-state index is -4.73. The maximum atomic E-state index is 11.9. The Kier molecular flexibility index (Phi) is 25.2. The summed E-state index contributed by atoms with van der Waals surface area (Å²) in [5.74, 6) is -1.94. The second-order valence-corrected chi connectivity index (χ2v) is 8.02. The maximum absolute atomic E-state index is 11.9. The smallest absolute Gasteiger partial charge is 1.00 e. The first-order chi connectivity index (χ1) is 12.3. The van der Waals surface area contributed by atoms with Gasteiger partial charge < -0.3 is 12.3 Å². The fourth-order valence-electron chi connectivity index (χ4n) is 2.38. The monoisotopic (exact) mass is 442 g/mol. The van der Waals surface area contributed by atoms with Crippen molar-refractivity contribution in [3.63, 3.8) is 0 Å². The Morgan fingerprint density at radius 3 is 1.75 bits per heavy atom. The molecule has 7 nitrogen and oxygen atoms in total. The summed E-state index contributed by atoms with van der Waals surface area (Å²) in [5, 5.41) is -1.93. The molecule has 0 radical (unpaired) electrons. The first kappa shape index (κ1) is 33.5. The first-order valence-corrected chi connectivity index (χ1v) is 11.1. The van der Waals surface area contributed by atoms with Gasteiger partial charge in [-0.2, -0.15) is 8.42 Å². The van der Waals surface area contributed by atoms with Gasteiger partial charge in [0.05, 0.1) is 19.6 Å². The predicted octanol–water partition coefficient (Wildman–Crippen LogP) is -2.11. The van der Waals surface area contributed by atoms with Crippen LogP contribution in [0, 0.1) is 0 Å². The van der Waals surface area contributed by atoms with Crippen molar-refractivity contribution in [3.8, 4) is 0 Å². The van der Waals surface area contributed by atoms with E-state index in [0.29, 0.717) is 12.8 Å². The molecule has 0 aromatic carbocycles. The third kappa shape index (κ3) is 18.9. The Morgan fingerprint density at radius 1 is 0.821 bits per heavy atom. The van der Waals surface area contributed by atoms with Gasteiger partial charge in [-0.1, -0.05) is 65.2 Å². The van der Waals surface area contributed by atoms with Crippen molar-refractivity contribution in [1.29, 1.82) is 0 Å². The van der Waals surface area contributed by atoms with Crippen molar-refractivity contribution >= 4 is 22.1 Å². The van der Waals surface area contributed by atoms with E-state index in [-0.39, 0.29) is 75.2 Å². The zero-order chi connectivity index (χ0) is 19.8. The fraction of sp³-hybridized carbons (Fsp3) is 0.889. The zero-order valence-corrected chi connectivity index (χ0v) is 22.9. The minimum Gasteiger partial charge on any atom is -1.00 e. The molecule has 158 valence electrons. The van der Waals surface area contributed by atoms with Crippen molar-refractivity contribution in [2.24, 2.45) is 0 Å². The molecule has 0 fully saturated rings. The number of esters is 2. The van der Waals surface area contributed by atoms with E-state index in [1.165, 1.54) is 0 Å². The van der Waals surface area contributed by atoms with Crippen LogP contribution in [0.5, 0.6) is 0 Å². The summed E-state index contributed by atoms with van der Waals surface area (Å²) in [6, 6.07) is 0. The van der Waals surface area contributed by atoms with Gasteiger partial charge in [-0.3, -0.25) is 14.1 Å². The molecule has 0 saturated heterocycles. The summed E-state index contributed by atoms with van der Waals surface area (Å²) in [6.07, 6.45) is 8.86. The topological polar surface area (TPSA) is 107 Å². The molecule has 0 bridgehead atoms. The Balaban J connectivity index is -0.000000521. The van der Waals surface area contributed by atoms with Crippen molar-refractivity contribution < 1.29 is 94.0 Å². The quantitative estimate of drug-likeness (QED) is 0.126. The van der Waals surface area contributed by atoms with Gasteiger partial charge >= 0.3 is 71.1 Å². The summed E-state index contributed by atoms with van der Waals surface area (Å²) >= 11 is 0. The largest absolute Gasteiger partial charge is 1.00 e. The van der Waals surface area contributed by atoms with Crippen molar-refractivity contribution in [2.75, 3.05) is 13.2 Å². The predicted molar refractivity (Wildman–Crippen MR) is 102 cm³/mol. The summed E-state index contributed by atoms with van der Waals surface area (Å²) in [4.78, 5) is 23.6. The van der Waals surface area contributed by atoms with Crippen LogP contribution >= 0.6 is 0 Å². The molecule has 0 rings (SSSR count). The number of hydrogen-bond acceptors (Lipinski definition) is 6. The Labute approximate surface area is 217 Å². The van der Waals surface area contributed by atoms with E-state index in [0.717, 1.165) is 51.4 Å². The molecule has 0 aromatic heterocycles. The van der Waals surface area contributed by atoms with Gasteiger partial charge in [-0.05, 0) is 12.8 Å². The molecule has 1 unspecified atom stereocenters. The van der Waals surface area contributed by atoms with E-state index in [4.69, 9.17) is 9.47 Å². The average molecular weight is 443 g/mol. The summed E-state index contributed by atoms with van der Waals surface area (Å²) in [6.45, 7) is 4.42. The third-order valence-corrected chi connectivity index (χ3v) is 5.06. The number of unbranched alkanes of at least 4 members (excludes halogenated alkanes) is 8. The standard InChI is InChI=1S/C18H34O7S.2Na.2H/c1-3-5-7-9-10-12-14-25-18(20)16(26(21,22)23)15-17(19)24-13-11-8-6-4-2;;;;/h16H,3-15H2,1-2H3,(H,21,22,23);;;;/q;2*+1;2*-1. The molecular formula is C18H36Na2O7S. The SMILES string of the molecule is CCCCCCCCOC(=O)C(CC(=O)OCCCCCC)S(=O)(=O)O.[H-].[H-].[Na+].[Na+]. The molecule has 0 amide bonds. The van der Waals surface area contributed by atoms with Crippen LogP contribution in [0.1, 0.15) is 87.3 Å². The molecule has 0 aliphatic heterocycles. The summed E-state index contributed by atoms with van der Waals surface area (Å²) < 4.78 is 41.8. The van der Waals surface area contributed by atoms with Gasteiger partial charge in [0.2, 0.25) is 0 Å². The van der Waals surface area contributed by atoms with Crippen LogP contribution in [0.3, 0.4) is 0 Å². The van der Waals surface area contributed by atoms with Crippen molar-refractivity contribution in [3.05, 3.63) is 0 Å². The van der Waals surface area contributed by atoms with E-state index >= 15 is 0 Å². The molecule has 28 heavy (non-hydrogen) atoms. The van der Waals surface area contributed by atoms with Crippen LogP contribution in [0.25, 0.3) is 0 Å². The number of ether oxygens (including phenoxy) is 2. The van der Waals surface area contributed by atoms with Gasteiger partial charge in [0.15, 0.2) is 5.25 Å². The van der Waals surface area contributed by atoms with E-state index in [1.54, 1.807) is 0 Å². The molecule has 0 saturated carbocycles. The first-order valence-electron chi connectivity index (χ1n) is 9.61. The van der Waals surface area contributed by atoms with E-state index in [2.05, 4.69) is 13.8 Å². The molecule has 0 aromatic rings. The van der Waals surface area contributed by atoms with E-state index < -0.39 is 33.7 Å². The second-order valence-electron chi connectivity index (χ2n) is 6.42. The average Bonchev–Trinajstić information content (AvgIpc) is 2.57. The minimum absolute atomic E-state index is 0. The number of rotatable bonds is 16. The zero-order valence-electron chi connectivity index (χ0n) is 20.1. The molecule has 0 aliphatic rings. The van der Waals surface area contributed by atoms with Gasteiger partial charge in [-0.25, -0.2) is 0 Å². The Hall–Kier alpha value is 0.850. The van der Waals surface area contributed by atoms with Gasteiger partial charge in [0, 0.05) is 0 Å². The summed E-state index contributed by atoms with van der Waals surface area (Å²) in [5.41, 5.74) is 0. The molecule has 1 atom stereocenters. The molecule has 1 N–H and O–H groups in total. The van der Waals surface area contributed by atoms with Crippen LogP contribution in [-0.2, 0) is 29.2 Å². The number of carbonyl (C=O) groups excluding carboxylic acids is 2. The maximum Gasteiger partial charge on any atom is 1.00 e. The van der Waals surface area contributed by atoms with Crippen molar-refractivity contribution in [2.45, 2.75) is 89.7 Å². The van der Waals surface area contributed by atoms with Gasteiger partial charge in [-0.15, -0.1) is 0 Å². The van der Waals surface area contributed by atoms with Gasteiger partial charge in [0.1, 0.15) is 0 Å². The fourth-order valence-corrected chi connectivity index (χ4v) is 3.04. The van der Waals surface area contributed by atoms with Crippen LogP contribution in [0.2, 0.25) is 0 Å². The normalized spacial score (nSPS) is 11.7. The molecule has 0 spiro atoms.